The van der Waals surface area contributed by atoms with Crippen molar-refractivity contribution in [3.05, 3.63) is 23.3 Å². The highest BCUT2D eigenvalue weighted by atomic mass is 16.5. The highest BCUT2D eigenvalue weighted by Gasteiger charge is 2.28. The first-order chi connectivity index (χ1) is 9.60. The van der Waals surface area contributed by atoms with E-state index in [1.807, 2.05) is 17.0 Å². The van der Waals surface area contributed by atoms with Crippen LogP contribution in [0, 0.1) is 0 Å². The van der Waals surface area contributed by atoms with Crippen LogP contribution in [0.1, 0.15) is 11.1 Å². The Balaban J connectivity index is 2.27. The van der Waals surface area contributed by atoms with Crippen molar-refractivity contribution in [2.75, 3.05) is 27.3 Å². The van der Waals surface area contributed by atoms with Crippen LogP contribution in [-0.2, 0) is 17.8 Å². The lowest BCUT2D eigenvalue weighted by atomic mass is 9.97. The van der Waals surface area contributed by atoms with Gasteiger partial charge < -0.3 is 20.3 Å². The molecule has 2 rings (SSSR count). The van der Waals surface area contributed by atoms with E-state index in [2.05, 4.69) is 0 Å². The number of hydrogen-bond acceptors (Lipinski definition) is 5. The number of nitrogens with zero attached hydrogens (tertiary/aromatic N) is 1. The van der Waals surface area contributed by atoms with Crippen molar-refractivity contribution in [2.45, 2.75) is 19.0 Å². The van der Waals surface area contributed by atoms with E-state index < -0.39 is 12.0 Å². The van der Waals surface area contributed by atoms with E-state index in [0.29, 0.717) is 24.6 Å². The van der Waals surface area contributed by atoms with Crippen LogP contribution in [0.25, 0.3) is 0 Å². The number of nitrogens with two attached hydrogens (primary N) is 1. The number of aliphatic carboxylic acids is 1. The number of fused-ring (bicyclic) bond motifs is 1. The third-order valence-electron chi connectivity index (χ3n) is 3.70. The first-order valence-corrected chi connectivity index (χ1v) is 6.51. The van der Waals surface area contributed by atoms with E-state index >= 15 is 0 Å². The molecule has 0 bridgehead atoms. The van der Waals surface area contributed by atoms with E-state index in [1.54, 1.807) is 14.2 Å². The van der Waals surface area contributed by atoms with Crippen LogP contribution in [0.2, 0.25) is 0 Å². The molecule has 3 N–H and O–H groups in total. The molecular weight excluding hydrogens is 260 g/mol. The average Bonchev–Trinajstić information content (AvgIpc) is 2.46. The van der Waals surface area contributed by atoms with E-state index in [9.17, 15) is 9.90 Å². The van der Waals surface area contributed by atoms with Gasteiger partial charge in [0.25, 0.3) is 0 Å². The normalized spacial score (nSPS) is 16.4. The van der Waals surface area contributed by atoms with Gasteiger partial charge in [0, 0.05) is 19.6 Å². The summed E-state index contributed by atoms with van der Waals surface area (Å²) in [6.07, 6.45) is 0.777. The Labute approximate surface area is 118 Å². The molecule has 0 amide bonds. The fraction of sp³-hybridized carbons (Fsp3) is 0.500. The van der Waals surface area contributed by atoms with Crippen LogP contribution >= 0.6 is 0 Å². The van der Waals surface area contributed by atoms with Crippen LogP contribution in [0.4, 0.5) is 0 Å². The van der Waals surface area contributed by atoms with Gasteiger partial charge in [0.15, 0.2) is 11.5 Å². The number of carboxylic acid groups (broad SMARTS) is 1. The van der Waals surface area contributed by atoms with Crippen molar-refractivity contribution in [1.82, 2.24) is 4.90 Å². The number of carboxylic acids is 1. The molecule has 20 heavy (non-hydrogen) atoms. The summed E-state index contributed by atoms with van der Waals surface area (Å²) >= 11 is 0. The Morgan fingerprint density at radius 2 is 1.95 bits per heavy atom. The minimum atomic E-state index is -0.878. The minimum Gasteiger partial charge on any atom is -0.493 e. The molecule has 0 fully saturated rings. The average molecular weight is 280 g/mol. The molecule has 0 saturated heterocycles. The summed E-state index contributed by atoms with van der Waals surface area (Å²) in [6, 6.07) is 3.23. The van der Waals surface area contributed by atoms with Crippen molar-refractivity contribution in [1.29, 1.82) is 0 Å². The topological polar surface area (TPSA) is 85.0 Å². The Hall–Kier alpha value is -1.79. The molecule has 110 valence electrons. The van der Waals surface area contributed by atoms with Gasteiger partial charge >= 0.3 is 5.97 Å². The first-order valence-electron chi connectivity index (χ1n) is 6.51. The van der Waals surface area contributed by atoms with Crippen LogP contribution in [0.3, 0.4) is 0 Å². The Morgan fingerprint density at radius 1 is 1.35 bits per heavy atom. The summed E-state index contributed by atoms with van der Waals surface area (Å²) < 4.78 is 10.6. The molecule has 1 atom stereocenters. The lowest BCUT2D eigenvalue weighted by Gasteiger charge is -2.33. The second kappa shape index (κ2) is 6.11. The second-order valence-electron chi connectivity index (χ2n) is 4.79. The summed E-state index contributed by atoms with van der Waals surface area (Å²) in [6.45, 7) is 1.35. The predicted molar refractivity (Wildman–Crippen MR) is 74.1 cm³/mol. The van der Waals surface area contributed by atoms with E-state index in [1.165, 1.54) is 5.56 Å². The van der Waals surface area contributed by atoms with Gasteiger partial charge in [-0.2, -0.15) is 0 Å². The molecule has 6 heteroatoms. The summed E-state index contributed by atoms with van der Waals surface area (Å²) in [7, 11) is 3.19. The molecule has 1 heterocycles. The van der Waals surface area contributed by atoms with Crippen molar-refractivity contribution in [2.24, 2.45) is 5.73 Å². The number of benzene rings is 1. The third kappa shape index (κ3) is 2.71. The van der Waals surface area contributed by atoms with Crippen LogP contribution < -0.4 is 15.2 Å². The molecule has 0 saturated carbocycles. The Bertz CT molecular complexity index is 504. The zero-order chi connectivity index (χ0) is 14.7. The van der Waals surface area contributed by atoms with Crippen LogP contribution in [0.5, 0.6) is 11.5 Å². The number of methoxy groups -OCH3 is 2. The van der Waals surface area contributed by atoms with Gasteiger partial charge in [-0.3, -0.25) is 9.69 Å². The van der Waals surface area contributed by atoms with Gasteiger partial charge in [0.2, 0.25) is 0 Å². The summed E-state index contributed by atoms with van der Waals surface area (Å²) in [5.74, 6) is 0.484. The summed E-state index contributed by atoms with van der Waals surface area (Å²) in [5, 5.41) is 9.19. The van der Waals surface area contributed by atoms with Crippen molar-refractivity contribution < 1.29 is 19.4 Å². The molecule has 0 spiro atoms. The Morgan fingerprint density at radius 3 is 2.45 bits per heavy atom. The standard InChI is InChI=1S/C14H20N2O4/c1-19-12-5-9-3-4-16(11(7-15)14(17)18)8-10(9)6-13(12)20-2/h5-6,11H,3-4,7-8,15H2,1-2H3,(H,17,18). The fourth-order valence-corrected chi connectivity index (χ4v) is 2.58. The summed E-state index contributed by atoms with van der Waals surface area (Å²) in [4.78, 5) is 13.1. The molecule has 1 aliphatic rings. The SMILES string of the molecule is COc1cc2c(cc1OC)CN(C(CN)C(=O)O)CC2. The van der Waals surface area contributed by atoms with Gasteiger partial charge in [-0.05, 0) is 29.7 Å². The molecule has 1 aromatic rings. The lowest BCUT2D eigenvalue weighted by Crippen LogP contribution is -2.48. The number of rotatable bonds is 5. The second-order valence-corrected chi connectivity index (χ2v) is 4.79. The highest BCUT2D eigenvalue weighted by Crippen LogP contribution is 2.33. The van der Waals surface area contributed by atoms with Crippen molar-refractivity contribution in [3.63, 3.8) is 0 Å². The Kier molecular flexibility index (Phi) is 4.46. The molecule has 1 aliphatic heterocycles. The van der Waals surface area contributed by atoms with Gasteiger partial charge in [-0.1, -0.05) is 0 Å². The van der Waals surface area contributed by atoms with E-state index in [0.717, 1.165) is 12.0 Å². The minimum absolute atomic E-state index is 0.109. The molecule has 0 aliphatic carbocycles. The van der Waals surface area contributed by atoms with E-state index in [-0.39, 0.29) is 6.54 Å². The van der Waals surface area contributed by atoms with Gasteiger partial charge in [0.05, 0.1) is 14.2 Å². The van der Waals surface area contributed by atoms with Crippen molar-refractivity contribution in [3.8, 4) is 11.5 Å². The molecule has 1 aromatic carbocycles. The van der Waals surface area contributed by atoms with Gasteiger partial charge in [-0.15, -0.1) is 0 Å². The zero-order valence-corrected chi connectivity index (χ0v) is 11.8. The molecule has 6 nitrogen and oxygen atoms in total. The largest absolute Gasteiger partial charge is 0.493 e. The van der Waals surface area contributed by atoms with E-state index in [4.69, 9.17) is 15.2 Å². The third-order valence-corrected chi connectivity index (χ3v) is 3.70. The maximum absolute atomic E-state index is 11.2. The van der Waals surface area contributed by atoms with Crippen LogP contribution in [-0.4, -0.2) is 49.3 Å². The number of hydrogen-bond donors (Lipinski definition) is 2. The van der Waals surface area contributed by atoms with Gasteiger partial charge in [-0.25, -0.2) is 0 Å². The quantitative estimate of drug-likeness (QED) is 0.815. The maximum atomic E-state index is 11.2. The summed E-state index contributed by atoms with van der Waals surface area (Å²) in [5.41, 5.74) is 7.79. The van der Waals surface area contributed by atoms with Crippen molar-refractivity contribution >= 4 is 5.97 Å². The lowest BCUT2D eigenvalue weighted by molar-refractivity contribution is -0.143. The predicted octanol–water partition coefficient (Wildman–Crippen LogP) is 0.474. The molecule has 0 aromatic heterocycles. The number of carbonyl (C=O) groups is 1. The zero-order valence-electron chi connectivity index (χ0n) is 11.8. The molecule has 1 unspecified atom stereocenters. The molecule has 0 radical (unpaired) electrons. The monoisotopic (exact) mass is 280 g/mol. The number of ether oxygens (including phenoxy) is 2. The maximum Gasteiger partial charge on any atom is 0.322 e. The smallest absolute Gasteiger partial charge is 0.322 e. The van der Waals surface area contributed by atoms with Crippen LogP contribution in [0.15, 0.2) is 12.1 Å². The fourth-order valence-electron chi connectivity index (χ4n) is 2.58. The highest BCUT2D eigenvalue weighted by molar-refractivity contribution is 5.73. The van der Waals surface area contributed by atoms with Gasteiger partial charge in [0.1, 0.15) is 6.04 Å². The first kappa shape index (κ1) is 14.6. The molecular formula is C14H20N2O4.